The minimum Gasteiger partial charge on any atom is -0.319 e. The molecule has 0 saturated carbocycles. The van der Waals surface area contributed by atoms with Crippen molar-refractivity contribution in [2.45, 2.75) is 30.7 Å². The second kappa shape index (κ2) is 7.55. The predicted molar refractivity (Wildman–Crippen MR) is 100 cm³/mol. The van der Waals surface area contributed by atoms with E-state index < -0.39 is 0 Å². The van der Waals surface area contributed by atoms with E-state index in [0.29, 0.717) is 5.92 Å². The largest absolute Gasteiger partial charge is 0.319 e. The molecule has 3 rings (SSSR count). The van der Waals surface area contributed by atoms with Gasteiger partial charge in [0.25, 0.3) is 0 Å². The van der Waals surface area contributed by atoms with Gasteiger partial charge in [-0.1, -0.05) is 0 Å². The summed E-state index contributed by atoms with van der Waals surface area (Å²) in [6, 6.07) is 0. The standard InChI is InChI=1S/C17H26N6S/c1-12(10-22(3)18-2)15-9-20-16-17(24-4)21-14(11-23(15)16)13-6-5-7-19-8-13/h9-11,13,18-19H,5-8H2,1-4H3/b12-10+. The lowest BCUT2D eigenvalue weighted by molar-refractivity contribution is 0.366. The van der Waals surface area contributed by atoms with Gasteiger partial charge in [-0.2, -0.15) is 0 Å². The Hall–Kier alpha value is -1.57. The number of imidazole rings is 1. The third-order valence-electron chi connectivity index (χ3n) is 4.53. The number of piperidine rings is 1. The molecule has 7 heteroatoms. The molecule has 6 nitrogen and oxygen atoms in total. The Morgan fingerprint density at radius 1 is 1.54 bits per heavy atom. The van der Waals surface area contributed by atoms with Gasteiger partial charge in [0.2, 0.25) is 0 Å². The molecule has 1 aliphatic heterocycles. The van der Waals surface area contributed by atoms with Gasteiger partial charge in [0.15, 0.2) is 5.65 Å². The smallest absolute Gasteiger partial charge is 0.170 e. The van der Waals surface area contributed by atoms with E-state index in [0.717, 1.165) is 40.7 Å². The molecule has 24 heavy (non-hydrogen) atoms. The molecular weight excluding hydrogens is 320 g/mol. The lowest BCUT2D eigenvalue weighted by Gasteiger charge is -2.23. The van der Waals surface area contributed by atoms with E-state index in [9.17, 15) is 0 Å². The molecule has 2 N–H and O–H groups in total. The first kappa shape index (κ1) is 17.3. The molecule has 0 spiro atoms. The number of nitrogens with zero attached hydrogens (tertiary/aromatic N) is 4. The van der Waals surface area contributed by atoms with Gasteiger partial charge in [0, 0.05) is 39.0 Å². The van der Waals surface area contributed by atoms with E-state index in [-0.39, 0.29) is 0 Å². The fourth-order valence-corrected chi connectivity index (χ4v) is 3.66. The topological polar surface area (TPSA) is 57.5 Å². The van der Waals surface area contributed by atoms with E-state index in [4.69, 9.17) is 4.98 Å². The summed E-state index contributed by atoms with van der Waals surface area (Å²) < 4.78 is 2.19. The molecule has 0 aliphatic carbocycles. The Bertz CT molecular complexity index is 732. The Morgan fingerprint density at radius 2 is 2.38 bits per heavy atom. The Morgan fingerprint density at radius 3 is 3.04 bits per heavy atom. The van der Waals surface area contributed by atoms with Crippen molar-refractivity contribution in [1.82, 2.24) is 30.1 Å². The Labute approximate surface area is 147 Å². The molecule has 2 aromatic heterocycles. The SMILES string of the molecule is CNN(C)/C=C(\C)c1cnc2c(SC)nc(C3CCCNC3)cn12. The van der Waals surface area contributed by atoms with Crippen LogP contribution < -0.4 is 10.7 Å². The predicted octanol–water partition coefficient (Wildman–Crippen LogP) is 2.35. The van der Waals surface area contributed by atoms with Crippen LogP contribution in [0.2, 0.25) is 0 Å². The normalized spacial score (nSPS) is 19.0. The van der Waals surface area contributed by atoms with E-state index >= 15 is 0 Å². The number of hydrogen-bond acceptors (Lipinski definition) is 6. The molecule has 2 aromatic rings. The molecule has 3 heterocycles. The van der Waals surface area contributed by atoms with Crippen LogP contribution >= 0.6 is 11.8 Å². The maximum atomic E-state index is 4.89. The van der Waals surface area contributed by atoms with Crippen LogP contribution in [0.25, 0.3) is 11.2 Å². The molecule has 0 amide bonds. The van der Waals surface area contributed by atoms with E-state index in [1.807, 2.05) is 25.3 Å². The second-order valence-corrected chi connectivity index (χ2v) is 7.00. The summed E-state index contributed by atoms with van der Waals surface area (Å²) in [5.41, 5.74) is 7.45. The van der Waals surface area contributed by atoms with Gasteiger partial charge < -0.3 is 10.3 Å². The number of hydrazine groups is 1. The summed E-state index contributed by atoms with van der Waals surface area (Å²) >= 11 is 1.66. The van der Waals surface area contributed by atoms with Crippen LogP contribution in [0.4, 0.5) is 0 Å². The highest BCUT2D eigenvalue weighted by Gasteiger charge is 2.20. The molecule has 1 saturated heterocycles. The van der Waals surface area contributed by atoms with Crippen LogP contribution in [0.5, 0.6) is 0 Å². The molecule has 1 atom stereocenters. The fourth-order valence-electron chi connectivity index (χ4n) is 3.13. The lowest BCUT2D eigenvalue weighted by atomic mass is 9.96. The van der Waals surface area contributed by atoms with Crippen molar-refractivity contribution < 1.29 is 0 Å². The Balaban J connectivity index is 2.07. The molecular formula is C17H26N6S. The zero-order valence-corrected chi connectivity index (χ0v) is 15.7. The number of fused-ring (bicyclic) bond motifs is 1. The molecule has 1 aliphatic rings. The second-order valence-electron chi connectivity index (χ2n) is 6.20. The van der Waals surface area contributed by atoms with Gasteiger partial charge >= 0.3 is 0 Å². The van der Waals surface area contributed by atoms with Gasteiger partial charge in [-0.05, 0) is 38.1 Å². The minimum absolute atomic E-state index is 0.480. The van der Waals surface area contributed by atoms with Crippen LogP contribution in [0.15, 0.2) is 23.6 Å². The summed E-state index contributed by atoms with van der Waals surface area (Å²) in [5.74, 6) is 0.480. The third kappa shape index (κ3) is 3.43. The minimum atomic E-state index is 0.480. The van der Waals surface area contributed by atoms with Gasteiger partial charge in [0.1, 0.15) is 5.03 Å². The van der Waals surface area contributed by atoms with Crippen molar-refractivity contribution in [3.8, 4) is 0 Å². The van der Waals surface area contributed by atoms with Gasteiger partial charge in [-0.25, -0.2) is 15.4 Å². The highest BCUT2D eigenvalue weighted by Crippen LogP contribution is 2.28. The fraction of sp³-hybridized carbons (Fsp3) is 0.529. The van der Waals surface area contributed by atoms with Crippen LogP contribution in [0, 0.1) is 0 Å². The summed E-state index contributed by atoms with van der Waals surface area (Å²) in [6.45, 7) is 4.23. The average molecular weight is 347 g/mol. The summed E-state index contributed by atoms with van der Waals surface area (Å²) in [4.78, 5) is 9.50. The van der Waals surface area contributed by atoms with Crippen molar-refractivity contribution in [2.24, 2.45) is 0 Å². The van der Waals surface area contributed by atoms with Gasteiger partial charge in [0.05, 0.1) is 17.6 Å². The Kier molecular flexibility index (Phi) is 5.43. The van der Waals surface area contributed by atoms with Crippen molar-refractivity contribution in [3.05, 3.63) is 30.0 Å². The number of rotatable bonds is 5. The molecule has 0 bridgehead atoms. The maximum absolute atomic E-state index is 4.89. The number of nitrogens with one attached hydrogen (secondary N) is 2. The zero-order chi connectivity index (χ0) is 17.1. The first-order chi connectivity index (χ1) is 11.6. The van der Waals surface area contributed by atoms with Crippen molar-refractivity contribution in [2.75, 3.05) is 33.4 Å². The first-order valence-electron chi connectivity index (χ1n) is 8.35. The average Bonchev–Trinajstić information content (AvgIpc) is 3.05. The highest BCUT2D eigenvalue weighted by atomic mass is 32.2. The van der Waals surface area contributed by atoms with Crippen molar-refractivity contribution in [3.63, 3.8) is 0 Å². The molecule has 130 valence electrons. The molecule has 0 radical (unpaired) electrons. The summed E-state index contributed by atoms with van der Waals surface area (Å²) in [5, 5.41) is 6.43. The van der Waals surface area contributed by atoms with E-state index in [2.05, 4.69) is 45.7 Å². The van der Waals surface area contributed by atoms with Gasteiger partial charge in [-0.3, -0.25) is 4.40 Å². The molecule has 1 fully saturated rings. The summed E-state index contributed by atoms with van der Waals surface area (Å²) in [6.07, 6.45) is 10.7. The van der Waals surface area contributed by atoms with Gasteiger partial charge in [-0.15, -0.1) is 11.8 Å². The van der Waals surface area contributed by atoms with Crippen molar-refractivity contribution >= 4 is 23.0 Å². The first-order valence-corrected chi connectivity index (χ1v) is 9.58. The van der Waals surface area contributed by atoms with Crippen LogP contribution in [-0.4, -0.2) is 52.8 Å². The van der Waals surface area contributed by atoms with Crippen molar-refractivity contribution in [1.29, 1.82) is 0 Å². The van der Waals surface area contributed by atoms with Crippen LogP contribution in [0.3, 0.4) is 0 Å². The number of hydrogen-bond donors (Lipinski definition) is 2. The highest BCUT2D eigenvalue weighted by molar-refractivity contribution is 7.98. The third-order valence-corrected chi connectivity index (χ3v) is 5.19. The quantitative estimate of drug-likeness (QED) is 0.640. The van der Waals surface area contributed by atoms with Crippen LogP contribution in [0.1, 0.15) is 37.1 Å². The van der Waals surface area contributed by atoms with E-state index in [1.165, 1.54) is 12.8 Å². The zero-order valence-electron chi connectivity index (χ0n) is 14.8. The monoisotopic (exact) mass is 346 g/mol. The number of allylic oxidation sites excluding steroid dienone is 1. The van der Waals surface area contributed by atoms with Crippen LogP contribution in [-0.2, 0) is 0 Å². The summed E-state index contributed by atoms with van der Waals surface area (Å²) in [7, 11) is 3.89. The number of aromatic nitrogens is 3. The molecule has 1 unspecified atom stereocenters. The molecule has 0 aromatic carbocycles. The number of thioether (sulfide) groups is 1. The maximum Gasteiger partial charge on any atom is 0.170 e. The van der Waals surface area contributed by atoms with E-state index in [1.54, 1.807) is 11.8 Å². The lowest BCUT2D eigenvalue weighted by Crippen LogP contribution is -2.29.